The molecular formula is C20H22Cl2N4O. The van der Waals surface area contributed by atoms with Crippen LogP contribution in [0.3, 0.4) is 0 Å². The molecule has 1 amide bonds. The van der Waals surface area contributed by atoms with E-state index in [9.17, 15) is 4.79 Å². The van der Waals surface area contributed by atoms with Crippen molar-refractivity contribution in [3.63, 3.8) is 0 Å². The molecule has 4 rings (SSSR count). The van der Waals surface area contributed by atoms with Crippen molar-refractivity contribution in [2.24, 2.45) is 7.05 Å². The zero-order valence-electron chi connectivity index (χ0n) is 15.3. The first-order valence-corrected chi connectivity index (χ1v) is 9.16. The van der Waals surface area contributed by atoms with Crippen LogP contribution in [-0.2, 0) is 7.05 Å². The maximum absolute atomic E-state index is 12.7. The van der Waals surface area contributed by atoms with E-state index in [1.807, 2.05) is 60.1 Å². The number of rotatable bonds is 4. The quantitative estimate of drug-likeness (QED) is 0.685. The van der Waals surface area contributed by atoms with Crippen LogP contribution in [0.5, 0.6) is 0 Å². The summed E-state index contributed by atoms with van der Waals surface area (Å²) in [5.41, 5.74) is 2.45. The zero-order chi connectivity index (χ0) is 18.3. The van der Waals surface area contributed by atoms with Crippen molar-refractivity contribution in [2.45, 2.75) is 25.3 Å². The van der Waals surface area contributed by atoms with Crippen molar-refractivity contribution < 1.29 is 4.79 Å². The van der Waals surface area contributed by atoms with Crippen LogP contribution in [0.2, 0.25) is 5.02 Å². The van der Waals surface area contributed by atoms with Crippen LogP contribution in [-0.4, -0.2) is 28.5 Å². The van der Waals surface area contributed by atoms with Gasteiger partial charge in [0.2, 0.25) is 0 Å². The van der Waals surface area contributed by atoms with Gasteiger partial charge in [0.25, 0.3) is 5.91 Å². The lowest BCUT2D eigenvalue weighted by Crippen LogP contribution is -2.39. The normalized spacial score (nSPS) is 13.7. The molecule has 0 spiro atoms. The number of hydrogen-bond acceptors (Lipinski definition) is 3. The lowest BCUT2D eigenvalue weighted by Gasteiger charge is -2.26. The number of nitrogens with zero attached hydrogens (tertiary/aromatic N) is 3. The average Bonchev–Trinajstić information content (AvgIpc) is 2.99. The molecule has 1 N–H and O–H groups in total. The van der Waals surface area contributed by atoms with E-state index in [1.165, 1.54) is 6.42 Å². The molecule has 3 aromatic rings. The lowest BCUT2D eigenvalue weighted by atomic mass is 9.93. The third-order valence-corrected chi connectivity index (χ3v) is 5.32. The molecular weight excluding hydrogens is 383 g/mol. The second kappa shape index (κ2) is 7.79. The Bertz CT molecular complexity index is 981. The van der Waals surface area contributed by atoms with E-state index in [1.54, 1.807) is 6.20 Å². The van der Waals surface area contributed by atoms with Crippen molar-refractivity contribution in [1.29, 1.82) is 0 Å². The number of aromatic nitrogens is 2. The summed E-state index contributed by atoms with van der Waals surface area (Å²) in [7, 11) is 3.90. The molecule has 1 saturated carbocycles. The summed E-state index contributed by atoms with van der Waals surface area (Å²) < 4.78 is 1.97. The van der Waals surface area contributed by atoms with Crippen molar-refractivity contribution in [1.82, 2.24) is 14.9 Å². The lowest BCUT2D eigenvalue weighted by molar-refractivity contribution is 0.0918. The van der Waals surface area contributed by atoms with Gasteiger partial charge in [0, 0.05) is 48.6 Å². The Morgan fingerprint density at radius 1 is 1.33 bits per heavy atom. The number of hydrogen-bond donors (Lipinski definition) is 1. The SMILES string of the molecule is CN(c1cccc(Cl)c1)c1ncc(C(=O)NC2CCC2)c2c1ccn2C.Cl. The first-order valence-electron chi connectivity index (χ1n) is 8.79. The number of fused-ring (bicyclic) bond motifs is 1. The van der Waals surface area contributed by atoms with Gasteiger partial charge in [0.1, 0.15) is 5.82 Å². The molecule has 0 atom stereocenters. The highest BCUT2D eigenvalue weighted by Crippen LogP contribution is 2.32. The summed E-state index contributed by atoms with van der Waals surface area (Å²) >= 11 is 6.13. The Morgan fingerprint density at radius 2 is 2.11 bits per heavy atom. The highest BCUT2D eigenvalue weighted by atomic mass is 35.5. The minimum Gasteiger partial charge on any atom is -0.350 e. The fourth-order valence-electron chi connectivity index (χ4n) is 3.36. The van der Waals surface area contributed by atoms with Crippen molar-refractivity contribution >= 4 is 52.3 Å². The molecule has 0 radical (unpaired) electrons. The maximum atomic E-state index is 12.7. The summed E-state index contributed by atoms with van der Waals surface area (Å²) in [6, 6.07) is 9.94. The summed E-state index contributed by atoms with van der Waals surface area (Å²) in [6.07, 6.45) is 6.94. The summed E-state index contributed by atoms with van der Waals surface area (Å²) in [6.45, 7) is 0. The van der Waals surface area contributed by atoms with E-state index in [2.05, 4.69) is 10.3 Å². The van der Waals surface area contributed by atoms with Crippen LogP contribution in [0.15, 0.2) is 42.7 Å². The number of benzene rings is 1. The van der Waals surface area contributed by atoms with Gasteiger partial charge in [-0.3, -0.25) is 4.79 Å². The molecule has 0 saturated heterocycles. The Balaban J connectivity index is 0.00000210. The standard InChI is InChI=1S/C20H21ClN4O.ClH/c1-24-10-9-16-18(24)17(20(26)23-14-6-4-7-14)12-22-19(16)25(2)15-8-3-5-13(21)11-15;/h3,5,8-12,14H,4,6-7H2,1-2H3,(H,23,26);1H. The Morgan fingerprint density at radius 3 is 2.78 bits per heavy atom. The number of carbonyl (C=O) groups excluding carboxylic acids is 1. The number of anilines is 2. The number of amides is 1. The third-order valence-electron chi connectivity index (χ3n) is 5.08. The fourth-order valence-corrected chi connectivity index (χ4v) is 3.54. The average molecular weight is 405 g/mol. The molecule has 0 unspecified atom stereocenters. The molecule has 2 heterocycles. The van der Waals surface area contributed by atoms with Gasteiger partial charge in [-0.1, -0.05) is 17.7 Å². The van der Waals surface area contributed by atoms with Crippen LogP contribution >= 0.6 is 24.0 Å². The summed E-state index contributed by atoms with van der Waals surface area (Å²) in [5.74, 6) is 0.744. The second-order valence-corrected chi connectivity index (χ2v) is 7.26. The monoisotopic (exact) mass is 404 g/mol. The van der Waals surface area contributed by atoms with E-state index in [-0.39, 0.29) is 18.3 Å². The van der Waals surface area contributed by atoms with E-state index in [0.29, 0.717) is 16.6 Å². The summed E-state index contributed by atoms with van der Waals surface area (Å²) in [5, 5.41) is 4.72. The highest BCUT2D eigenvalue weighted by Gasteiger charge is 2.23. The van der Waals surface area contributed by atoms with Crippen molar-refractivity contribution in [2.75, 3.05) is 11.9 Å². The molecule has 27 heavy (non-hydrogen) atoms. The topological polar surface area (TPSA) is 50.2 Å². The van der Waals surface area contributed by atoms with E-state index < -0.39 is 0 Å². The zero-order valence-corrected chi connectivity index (χ0v) is 16.8. The van der Waals surface area contributed by atoms with E-state index in [4.69, 9.17) is 11.6 Å². The first kappa shape index (κ1) is 19.5. The van der Waals surface area contributed by atoms with Gasteiger partial charge in [-0.15, -0.1) is 12.4 Å². The van der Waals surface area contributed by atoms with Gasteiger partial charge < -0.3 is 14.8 Å². The molecule has 0 aliphatic heterocycles. The molecule has 1 fully saturated rings. The van der Waals surface area contributed by atoms with Crippen molar-refractivity contribution in [3.05, 3.63) is 53.3 Å². The minimum absolute atomic E-state index is 0. The Hall–Kier alpha value is -2.24. The number of pyridine rings is 1. The Kier molecular flexibility index (Phi) is 5.63. The Labute approximate surface area is 169 Å². The van der Waals surface area contributed by atoms with Gasteiger partial charge in [0.15, 0.2) is 0 Å². The number of halogens is 2. The number of aryl methyl sites for hydroxylation is 1. The van der Waals surface area contributed by atoms with Gasteiger partial charge in [0.05, 0.1) is 11.1 Å². The smallest absolute Gasteiger partial charge is 0.255 e. The van der Waals surface area contributed by atoms with E-state index in [0.717, 1.165) is 35.2 Å². The van der Waals surface area contributed by atoms with Crippen LogP contribution in [0.4, 0.5) is 11.5 Å². The van der Waals surface area contributed by atoms with Crippen LogP contribution in [0, 0.1) is 0 Å². The predicted octanol–water partition coefficient (Wildman–Crippen LogP) is 4.70. The molecule has 2 aromatic heterocycles. The van der Waals surface area contributed by atoms with Crippen LogP contribution in [0.1, 0.15) is 29.6 Å². The maximum Gasteiger partial charge on any atom is 0.255 e. The van der Waals surface area contributed by atoms with E-state index >= 15 is 0 Å². The van der Waals surface area contributed by atoms with Crippen LogP contribution in [0.25, 0.3) is 10.9 Å². The highest BCUT2D eigenvalue weighted by molar-refractivity contribution is 6.30. The van der Waals surface area contributed by atoms with Gasteiger partial charge in [-0.05, 0) is 43.5 Å². The molecule has 142 valence electrons. The molecule has 5 nitrogen and oxygen atoms in total. The fraction of sp³-hybridized carbons (Fsp3) is 0.300. The number of nitrogens with one attached hydrogen (secondary N) is 1. The second-order valence-electron chi connectivity index (χ2n) is 6.82. The van der Waals surface area contributed by atoms with Crippen molar-refractivity contribution in [3.8, 4) is 0 Å². The molecule has 7 heteroatoms. The molecule has 1 aliphatic carbocycles. The van der Waals surface area contributed by atoms with Gasteiger partial charge >= 0.3 is 0 Å². The molecule has 1 aromatic carbocycles. The van der Waals surface area contributed by atoms with Crippen LogP contribution < -0.4 is 10.2 Å². The summed E-state index contributed by atoms with van der Waals surface area (Å²) in [4.78, 5) is 19.3. The predicted molar refractivity (Wildman–Crippen MR) is 113 cm³/mol. The van der Waals surface area contributed by atoms with Gasteiger partial charge in [-0.25, -0.2) is 4.98 Å². The largest absolute Gasteiger partial charge is 0.350 e. The minimum atomic E-state index is -0.0500. The number of carbonyl (C=O) groups is 1. The third kappa shape index (κ3) is 3.62. The molecule has 1 aliphatic rings. The molecule has 0 bridgehead atoms. The first-order chi connectivity index (χ1) is 12.5. The van der Waals surface area contributed by atoms with Gasteiger partial charge in [-0.2, -0.15) is 0 Å².